The lowest BCUT2D eigenvalue weighted by Gasteiger charge is -2.42. The summed E-state index contributed by atoms with van der Waals surface area (Å²) >= 11 is 3.39. The molecule has 2 aromatic rings. The van der Waals surface area contributed by atoms with Gasteiger partial charge in [-0.2, -0.15) is 0 Å². The number of benzene rings is 2. The Morgan fingerprint density at radius 3 is 2.38 bits per heavy atom. The number of imide groups is 1. The Balaban J connectivity index is 1.49. The SMILES string of the molecule is CC1=CC(=O)C2=C(C1=O)[C@@H](c1ccc(O)c(C)c1)C1=CC[C@@H]3C(=O)N(c4ccc(Br)cc4)C(=O)[C@@H]3[C@@H]1C2. The van der Waals surface area contributed by atoms with Gasteiger partial charge in [-0.25, -0.2) is 0 Å². The van der Waals surface area contributed by atoms with Crippen LogP contribution < -0.4 is 4.90 Å². The molecule has 6 nitrogen and oxygen atoms in total. The summed E-state index contributed by atoms with van der Waals surface area (Å²) < 4.78 is 0.847. The molecule has 0 bridgehead atoms. The van der Waals surface area contributed by atoms with E-state index in [-0.39, 0.29) is 41.5 Å². The summed E-state index contributed by atoms with van der Waals surface area (Å²) in [7, 11) is 0. The van der Waals surface area contributed by atoms with Gasteiger partial charge in [-0.15, -0.1) is 0 Å². The zero-order valence-electron chi connectivity index (χ0n) is 20.3. The van der Waals surface area contributed by atoms with Crippen LogP contribution in [0.15, 0.2) is 81.4 Å². The molecule has 186 valence electrons. The lowest BCUT2D eigenvalue weighted by atomic mass is 9.59. The molecule has 1 fully saturated rings. The van der Waals surface area contributed by atoms with E-state index in [1.807, 2.05) is 12.1 Å². The number of rotatable bonds is 2. The highest BCUT2D eigenvalue weighted by Gasteiger charge is 2.56. The monoisotopic (exact) mass is 557 g/mol. The van der Waals surface area contributed by atoms with Crippen molar-refractivity contribution < 1.29 is 24.3 Å². The molecule has 2 aromatic carbocycles. The van der Waals surface area contributed by atoms with Gasteiger partial charge < -0.3 is 5.11 Å². The van der Waals surface area contributed by atoms with Gasteiger partial charge >= 0.3 is 0 Å². The third kappa shape index (κ3) is 3.51. The van der Waals surface area contributed by atoms with Crippen LogP contribution in [-0.2, 0) is 19.2 Å². The topological polar surface area (TPSA) is 91.8 Å². The first-order chi connectivity index (χ1) is 17.7. The third-order valence-corrected chi connectivity index (χ3v) is 8.73. The van der Waals surface area contributed by atoms with Crippen LogP contribution in [0.1, 0.15) is 36.8 Å². The molecule has 4 atom stereocenters. The highest BCUT2D eigenvalue weighted by atomic mass is 79.9. The van der Waals surface area contributed by atoms with E-state index in [9.17, 15) is 24.3 Å². The molecule has 37 heavy (non-hydrogen) atoms. The number of hydrogen-bond donors (Lipinski definition) is 1. The average molecular weight is 558 g/mol. The van der Waals surface area contributed by atoms with Gasteiger partial charge in [-0.1, -0.05) is 39.7 Å². The van der Waals surface area contributed by atoms with Crippen molar-refractivity contribution in [3.8, 4) is 5.75 Å². The van der Waals surface area contributed by atoms with Crippen LogP contribution in [0.5, 0.6) is 5.75 Å². The summed E-state index contributed by atoms with van der Waals surface area (Å²) in [4.78, 5) is 55.2. The number of carbonyl (C=O) groups is 4. The Bertz CT molecular complexity index is 1510. The fourth-order valence-corrected chi connectivity index (χ4v) is 6.71. The lowest BCUT2D eigenvalue weighted by molar-refractivity contribution is -0.123. The average Bonchev–Trinajstić information content (AvgIpc) is 3.13. The van der Waals surface area contributed by atoms with Gasteiger partial charge in [0.05, 0.1) is 17.5 Å². The number of phenolic OH excluding ortho intramolecular Hbond substituents is 1. The Labute approximate surface area is 222 Å². The highest BCUT2D eigenvalue weighted by Crippen LogP contribution is 2.55. The van der Waals surface area contributed by atoms with E-state index in [4.69, 9.17) is 0 Å². The van der Waals surface area contributed by atoms with E-state index in [1.54, 1.807) is 50.2 Å². The Morgan fingerprint density at radius 1 is 0.946 bits per heavy atom. The summed E-state index contributed by atoms with van der Waals surface area (Å²) in [5.74, 6) is -2.75. The first-order valence-electron chi connectivity index (χ1n) is 12.3. The molecular formula is C30H24BrNO5. The number of halogens is 1. The van der Waals surface area contributed by atoms with Crippen molar-refractivity contribution in [2.75, 3.05) is 4.90 Å². The van der Waals surface area contributed by atoms with Crippen LogP contribution in [0, 0.1) is 24.7 Å². The van der Waals surface area contributed by atoms with Crippen LogP contribution in [0.3, 0.4) is 0 Å². The molecule has 0 aromatic heterocycles. The minimum Gasteiger partial charge on any atom is -0.508 e. The number of Topliss-reactive ketones (excluding diaryl/α,β-unsaturated/α-hetero) is 1. The van der Waals surface area contributed by atoms with Crippen molar-refractivity contribution in [2.45, 2.75) is 32.6 Å². The third-order valence-electron chi connectivity index (χ3n) is 8.20. The van der Waals surface area contributed by atoms with Gasteiger partial charge in [-0.3, -0.25) is 24.1 Å². The number of amides is 2. The Morgan fingerprint density at radius 2 is 1.68 bits per heavy atom. The fraction of sp³-hybridized carbons (Fsp3) is 0.267. The van der Waals surface area contributed by atoms with Crippen LogP contribution in [-0.4, -0.2) is 28.5 Å². The first kappa shape index (κ1) is 23.8. The van der Waals surface area contributed by atoms with Gasteiger partial charge in [0.2, 0.25) is 11.8 Å². The zero-order valence-corrected chi connectivity index (χ0v) is 21.9. The van der Waals surface area contributed by atoms with Crippen LogP contribution in [0.25, 0.3) is 0 Å². The molecular weight excluding hydrogens is 534 g/mol. The summed E-state index contributed by atoms with van der Waals surface area (Å²) in [5, 5.41) is 10.1. The molecule has 4 aliphatic rings. The zero-order chi connectivity index (χ0) is 26.2. The number of hydrogen-bond acceptors (Lipinski definition) is 5. The quantitative estimate of drug-likeness (QED) is 0.315. The predicted molar refractivity (Wildman–Crippen MR) is 141 cm³/mol. The summed E-state index contributed by atoms with van der Waals surface area (Å²) in [6, 6.07) is 12.3. The van der Waals surface area contributed by atoms with Gasteiger partial charge in [0.1, 0.15) is 5.75 Å². The molecule has 0 radical (unpaired) electrons. The standard InChI is InChI=1S/C30H24BrNO5/c1-14-11-16(3-10-23(14)33)25-19-8-9-20-26(21(19)13-22-24(34)12-15(2)28(35)27(22)25)30(37)32(29(20)36)18-6-4-17(31)5-7-18/h3-8,10-12,20-21,25-26,33H,9,13H2,1-2H3/t20-,21+,25-,26-/m0/s1. The van der Waals surface area contributed by atoms with E-state index in [0.29, 0.717) is 34.4 Å². The number of nitrogens with zero attached hydrogens (tertiary/aromatic N) is 1. The number of fused-ring (bicyclic) bond motifs is 3. The molecule has 3 aliphatic carbocycles. The minimum absolute atomic E-state index is 0.145. The van der Waals surface area contributed by atoms with E-state index in [0.717, 1.165) is 15.6 Å². The van der Waals surface area contributed by atoms with Gasteiger partial charge in [0.25, 0.3) is 0 Å². The number of aryl methyl sites for hydroxylation is 1. The smallest absolute Gasteiger partial charge is 0.238 e. The van der Waals surface area contributed by atoms with E-state index in [1.165, 1.54) is 11.0 Å². The lowest BCUT2D eigenvalue weighted by Crippen LogP contribution is -2.39. The van der Waals surface area contributed by atoms with Crippen LogP contribution >= 0.6 is 15.9 Å². The Hall–Kier alpha value is -3.58. The van der Waals surface area contributed by atoms with Crippen molar-refractivity contribution >= 4 is 45.0 Å². The summed E-state index contributed by atoms with van der Waals surface area (Å²) in [6.45, 7) is 3.43. The molecule has 1 N–H and O–H groups in total. The largest absolute Gasteiger partial charge is 0.508 e. The van der Waals surface area contributed by atoms with Crippen LogP contribution in [0.2, 0.25) is 0 Å². The number of carbonyl (C=O) groups excluding carboxylic acids is 4. The summed E-state index contributed by atoms with van der Waals surface area (Å²) in [6.07, 6.45) is 4.02. The second-order valence-corrected chi connectivity index (χ2v) is 11.2. The molecule has 1 heterocycles. The molecule has 1 saturated heterocycles. The second-order valence-electron chi connectivity index (χ2n) is 10.3. The maximum atomic E-state index is 13.8. The van der Waals surface area contributed by atoms with Crippen molar-refractivity contribution in [2.24, 2.45) is 17.8 Å². The van der Waals surface area contributed by atoms with Crippen molar-refractivity contribution in [1.82, 2.24) is 0 Å². The van der Waals surface area contributed by atoms with E-state index in [2.05, 4.69) is 15.9 Å². The van der Waals surface area contributed by atoms with Crippen molar-refractivity contribution in [3.05, 3.63) is 92.5 Å². The second kappa shape index (κ2) is 8.48. The summed E-state index contributed by atoms with van der Waals surface area (Å²) in [5.41, 5.74) is 4.15. The predicted octanol–water partition coefficient (Wildman–Crippen LogP) is 5.10. The molecule has 1 aliphatic heterocycles. The maximum absolute atomic E-state index is 13.8. The number of ketones is 2. The van der Waals surface area contributed by atoms with Crippen molar-refractivity contribution in [1.29, 1.82) is 0 Å². The number of aromatic hydroxyl groups is 1. The Kier molecular flexibility index (Phi) is 5.46. The number of anilines is 1. The van der Waals surface area contributed by atoms with Crippen molar-refractivity contribution in [3.63, 3.8) is 0 Å². The van der Waals surface area contributed by atoms with Gasteiger partial charge in [-0.05, 0) is 80.1 Å². The van der Waals surface area contributed by atoms with E-state index < -0.39 is 17.8 Å². The van der Waals surface area contributed by atoms with E-state index >= 15 is 0 Å². The van der Waals surface area contributed by atoms with Crippen LogP contribution in [0.4, 0.5) is 5.69 Å². The molecule has 7 heteroatoms. The first-order valence-corrected chi connectivity index (χ1v) is 13.1. The van der Waals surface area contributed by atoms with Gasteiger partial charge in [0, 0.05) is 27.1 Å². The number of allylic oxidation sites excluding steroid dienone is 6. The molecule has 0 spiro atoms. The number of phenols is 1. The minimum atomic E-state index is -0.610. The van der Waals surface area contributed by atoms with Gasteiger partial charge in [0.15, 0.2) is 11.6 Å². The molecule has 0 saturated carbocycles. The molecule has 0 unspecified atom stereocenters. The molecule has 2 amide bonds. The maximum Gasteiger partial charge on any atom is 0.238 e. The fourth-order valence-electron chi connectivity index (χ4n) is 6.44. The highest BCUT2D eigenvalue weighted by molar-refractivity contribution is 9.10. The normalized spacial score (nSPS) is 27.1. The molecule has 6 rings (SSSR count).